The highest BCUT2D eigenvalue weighted by molar-refractivity contribution is 7.89. The quantitative estimate of drug-likeness (QED) is 0.714. The fourth-order valence-corrected chi connectivity index (χ4v) is 5.82. The topological polar surface area (TPSA) is 96.6 Å². The third kappa shape index (κ3) is 4.06. The Balaban J connectivity index is 1.52. The minimum absolute atomic E-state index is 0.0248. The van der Waals surface area contributed by atoms with Crippen LogP contribution in [0.5, 0.6) is 0 Å². The van der Waals surface area contributed by atoms with Crippen molar-refractivity contribution in [1.82, 2.24) is 19.3 Å². The van der Waals surface area contributed by atoms with Gasteiger partial charge < -0.3 is 9.42 Å². The smallest absolute Gasteiger partial charge is 0.248 e. The molecule has 2 fully saturated rings. The third-order valence-corrected chi connectivity index (χ3v) is 7.74. The minimum atomic E-state index is -3.74. The summed E-state index contributed by atoms with van der Waals surface area (Å²) < 4.78 is 32.8. The number of pyridine rings is 1. The summed E-state index contributed by atoms with van der Waals surface area (Å²) in [4.78, 5) is 19.7. The summed E-state index contributed by atoms with van der Waals surface area (Å²) in [5.41, 5.74) is 1.20. The highest BCUT2D eigenvalue weighted by Crippen LogP contribution is 2.33. The predicted molar refractivity (Wildman–Crippen MR) is 105 cm³/mol. The number of aromatic nitrogens is 2. The molecule has 2 aliphatic rings. The molecule has 0 spiro atoms. The van der Waals surface area contributed by atoms with Crippen LogP contribution in [0.4, 0.5) is 0 Å². The van der Waals surface area contributed by atoms with E-state index in [4.69, 9.17) is 4.52 Å². The van der Waals surface area contributed by atoms with E-state index >= 15 is 0 Å². The number of hydrogen-bond donors (Lipinski definition) is 0. The molecule has 1 saturated heterocycles. The summed E-state index contributed by atoms with van der Waals surface area (Å²) >= 11 is 0. The lowest BCUT2D eigenvalue weighted by atomic mass is 9.98. The van der Waals surface area contributed by atoms with Crippen molar-refractivity contribution in [3.05, 3.63) is 41.5 Å². The number of rotatable bonds is 6. The standard InChI is InChI=1S/C20H26N4O4S/c1-14-19(15(2)28-22-14)29(26,27)23-11-5-6-16(12-23)20(25)24(18-8-9-18)13-17-7-3-4-10-21-17/h3-4,7,10,16,18H,5-6,8-9,11-13H2,1-2H3. The number of carbonyl (C=O) groups excluding carboxylic acids is 1. The molecule has 2 aromatic heterocycles. The number of carbonyl (C=O) groups is 1. The van der Waals surface area contributed by atoms with Crippen LogP contribution in [0.3, 0.4) is 0 Å². The Morgan fingerprint density at radius 1 is 1.28 bits per heavy atom. The van der Waals surface area contributed by atoms with Gasteiger partial charge >= 0.3 is 0 Å². The predicted octanol–water partition coefficient (Wildman–Crippen LogP) is 2.28. The maximum Gasteiger partial charge on any atom is 0.248 e. The Morgan fingerprint density at radius 2 is 2.07 bits per heavy atom. The van der Waals surface area contributed by atoms with E-state index in [0.717, 1.165) is 18.5 Å². The molecule has 0 N–H and O–H groups in total. The van der Waals surface area contributed by atoms with Crippen LogP contribution < -0.4 is 0 Å². The second kappa shape index (κ2) is 7.87. The van der Waals surface area contributed by atoms with E-state index in [1.54, 1.807) is 20.0 Å². The lowest BCUT2D eigenvalue weighted by Crippen LogP contribution is -2.47. The Kier molecular flexibility index (Phi) is 5.44. The van der Waals surface area contributed by atoms with Crippen LogP contribution >= 0.6 is 0 Å². The molecule has 1 atom stereocenters. The van der Waals surface area contributed by atoms with Crippen LogP contribution in [0.2, 0.25) is 0 Å². The number of nitrogens with zero attached hydrogens (tertiary/aromatic N) is 4. The Bertz CT molecular complexity index is 966. The van der Waals surface area contributed by atoms with Crippen molar-refractivity contribution in [2.75, 3.05) is 13.1 Å². The second-order valence-electron chi connectivity index (χ2n) is 7.87. The van der Waals surface area contributed by atoms with E-state index in [-0.39, 0.29) is 35.1 Å². The molecule has 4 rings (SSSR count). The zero-order valence-corrected chi connectivity index (χ0v) is 17.6. The zero-order chi connectivity index (χ0) is 20.6. The largest absolute Gasteiger partial charge is 0.360 e. The summed E-state index contributed by atoms with van der Waals surface area (Å²) in [6.45, 7) is 4.28. The second-order valence-corrected chi connectivity index (χ2v) is 9.75. The molecule has 1 aliphatic carbocycles. The van der Waals surface area contributed by atoms with E-state index in [0.29, 0.717) is 31.6 Å². The lowest BCUT2D eigenvalue weighted by molar-refractivity contribution is -0.138. The molecule has 29 heavy (non-hydrogen) atoms. The maximum atomic E-state index is 13.3. The average Bonchev–Trinajstić information content (AvgIpc) is 3.50. The summed E-state index contributed by atoms with van der Waals surface area (Å²) in [5, 5.41) is 3.78. The highest BCUT2D eigenvalue weighted by Gasteiger charge is 2.40. The van der Waals surface area contributed by atoms with Crippen molar-refractivity contribution >= 4 is 15.9 Å². The van der Waals surface area contributed by atoms with Gasteiger partial charge in [-0.25, -0.2) is 8.42 Å². The van der Waals surface area contributed by atoms with Crippen LogP contribution in [0.25, 0.3) is 0 Å². The number of hydrogen-bond acceptors (Lipinski definition) is 6. The lowest BCUT2D eigenvalue weighted by Gasteiger charge is -2.34. The molecule has 1 unspecified atom stereocenters. The minimum Gasteiger partial charge on any atom is -0.360 e. The van der Waals surface area contributed by atoms with Crippen molar-refractivity contribution < 1.29 is 17.7 Å². The zero-order valence-electron chi connectivity index (χ0n) is 16.7. The Hall–Kier alpha value is -2.26. The van der Waals surface area contributed by atoms with E-state index in [1.807, 2.05) is 23.1 Å². The van der Waals surface area contributed by atoms with Gasteiger partial charge in [-0.05, 0) is 51.7 Å². The summed E-state index contributed by atoms with van der Waals surface area (Å²) in [5.74, 6) is -0.0363. The van der Waals surface area contributed by atoms with Gasteiger partial charge in [-0.3, -0.25) is 9.78 Å². The molecular formula is C20H26N4O4S. The van der Waals surface area contributed by atoms with Crippen LogP contribution in [-0.2, 0) is 21.4 Å². The first-order chi connectivity index (χ1) is 13.9. The third-order valence-electron chi connectivity index (χ3n) is 5.63. The summed E-state index contributed by atoms with van der Waals surface area (Å²) in [6, 6.07) is 5.92. The molecule has 1 saturated carbocycles. The van der Waals surface area contributed by atoms with Crippen LogP contribution in [-0.4, -0.2) is 52.8 Å². The monoisotopic (exact) mass is 418 g/mol. The first-order valence-corrected chi connectivity index (χ1v) is 11.5. The van der Waals surface area contributed by atoms with Gasteiger partial charge in [0.15, 0.2) is 5.76 Å². The van der Waals surface area contributed by atoms with Gasteiger partial charge in [-0.15, -0.1) is 0 Å². The number of sulfonamides is 1. The number of piperidine rings is 1. The number of amides is 1. The first kappa shape index (κ1) is 20.0. The fraction of sp³-hybridized carbons (Fsp3) is 0.550. The molecule has 1 amide bonds. The Labute approximate surface area is 170 Å². The average molecular weight is 419 g/mol. The van der Waals surface area contributed by atoms with Crippen LogP contribution in [0, 0.1) is 19.8 Å². The molecule has 8 nitrogen and oxygen atoms in total. The molecule has 156 valence electrons. The summed E-state index contributed by atoms with van der Waals surface area (Å²) in [6.07, 6.45) is 5.06. The molecule has 3 heterocycles. The normalized spacial score (nSPS) is 20.6. The van der Waals surface area contributed by atoms with Crippen molar-refractivity contribution in [3.8, 4) is 0 Å². The highest BCUT2D eigenvalue weighted by atomic mass is 32.2. The SMILES string of the molecule is Cc1noc(C)c1S(=O)(=O)N1CCCC(C(=O)N(Cc2ccccn2)C2CC2)C1. The van der Waals surface area contributed by atoms with Gasteiger partial charge in [-0.1, -0.05) is 11.2 Å². The van der Waals surface area contributed by atoms with Gasteiger partial charge in [-0.2, -0.15) is 4.31 Å². The molecule has 2 aromatic rings. The molecular weight excluding hydrogens is 392 g/mol. The van der Waals surface area contributed by atoms with Crippen molar-refractivity contribution in [3.63, 3.8) is 0 Å². The number of aryl methyl sites for hydroxylation is 2. The van der Waals surface area contributed by atoms with E-state index in [2.05, 4.69) is 10.1 Å². The van der Waals surface area contributed by atoms with Crippen molar-refractivity contribution in [2.45, 2.75) is 57.0 Å². The first-order valence-electron chi connectivity index (χ1n) is 10.0. The van der Waals surface area contributed by atoms with Gasteiger partial charge in [0.2, 0.25) is 15.9 Å². The van der Waals surface area contributed by atoms with E-state index < -0.39 is 10.0 Å². The van der Waals surface area contributed by atoms with Gasteiger partial charge in [0, 0.05) is 25.3 Å². The van der Waals surface area contributed by atoms with E-state index in [9.17, 15) is 13.2 Å². The fourth-order valence-electron chi connectivity index (χ4n) is 4.01. The van der Waals surface area contributed by atoms with Crippen LogP contribution in [0.1, 0.15) is 42.8 Å². The van der Waals surface area contributed by atoms with Crippen LogP contribution in [0.15, 0.2) is 33.8 Å². The van der Waals surface area contributed by atoms with Gasteiger partial charge in [0.1, 0.15) is 10.6 Å². The molecule has 0 aromatic carbocycles. The Morgan fingerprint density at radius 3 is 2.69 bits per heavy atom. The van der Waals surface area contributed by atoms with Gasteiger partial charge in [0.05, 0.1) is 18.2 Å². The van der Waals surface area contributed by atoms with Gasteiger partial charge in [0.25, 0.3) is 0 Å². The van der Waals surface area contributed by atoms with E-state index in [1.165, 1.54) is 4.31 Å². The molecule has 0 radical (unpaired) electrons. The maximum absolute atomic E-state index is 13.3. The van der Waals surface area contributed by atoms with Crippen molar-refractivity contribution in [2.24, 2.45) is 5.92 Å². The summed E-state index contributed by atoms with van der Waals surface area (Å²) in [7, 11) is -3.74. The van der Waals surface area contributed by atoms with Crippen molar-refractivity contribution in [1.29, 1.82) is 0 Å². The molecule has 9 heteroatoms. The molecule has 1 aliphatic heterocycles. The molecule has 0 bridgehead atoms.